The van der Waals surface area contributed by atoms with E-state index in [-0.39, 0.29) is 11.7 Å². The molecular weight excluding hydrogens is 288 g/mol. The van der Waals surface area contributed by atoms with Gasteiger partial charge in [0.2, 0.25) is 0 Å². The predicted molar refractivity (Wildman–Crippen MR) is 84.6 cm³/mol. The molecule has 0 spiro atoms. The molecule has 0 aliphatic rings. The number of nitrogens with two attached hydrogens (primary N) is 1. The number of nitrogens with one attached hydrogen (secondary N) is 2. The first-order chi connectivity index (χ1) is 10.1. The molecule has 0 radical (unpaired) electrons. The molecule has 4 N–H and O–H groups in total. The summed E-state index contributed by atoms with van der Waals surface area (Å²) in [5.74, 6) is 0.0934. The number of aromatic nitrogens is 3. The lowest BCUT2D eigenvalue weighted by Crippen LogP contribution is -2.25. The minimum Gasteiger partial charge on any atom is -0.382 e. The van der Waals surface area contributed by atoms with E-state index in [1.54, 1.807) is 10.9 Å². The van der Waals surface area contributed by atoms with E-state index in [1.165, 1.54) is 11.3 Å². The number of anilines is 2. The number of amides is 1. The number of aryl methyl sites for hydroxylation is 1. The van der Waals surface area contributed by atoms with Crippen LogP contribution in [0.25, 0.3) is 0 Å². The van der Waals surface area contributed by atoms with Crippen LogP contribution >= 0.6 is 11.3 Å². The van der Waals surface area contributed by atoms with E-state index in [9.17, 15) is 4.79 Å². The maximum absolute atomic E-state index is 12.1. The molecule has 0 bridgehead atoms. The van der Waals surface area contributed by atoms with Gasteiger partial charge in [-0.2, -0.15) is 5.10 Å². The van der Waals surface area contributed by atoms with Gasteiger partial charge in [0.25, 0.3) is 5.91 Å². The maximum Gasteiger partial charge on any atom is 0.265 e. The first-order valence-electron chi connectivity index (χ1n) is 6.86. The molecule has 0 aromatic carbocycles. The predicted octanol–water partition coefficient (Wildman–Crippen LogP) is 1.25. The molecule has 2 rings (SSSR count). The molecule has 1 amide bonds. The van der Waals surface area contributed by atoms with E-state index in [1.807, 2.05) is 13.2 Å². The van der Waals surface area contributed by atoms with Crippen molar-refractivity contribution in [3.63, 3.8) is 0 Å². The largest absolute Gasteiger partial charge is 0.382 e. The number of carbonyl (C=O) groups is 1. The van der Waals surface area contributed by atoms with Gasteiger partial charge in [0, 0.05) is 26.3 Å². The molecule has 2 heterocycles. The fourth-order valence-corrected chi connectivity index (χ4v) is 2.63. The Bertz CT molecular complexity index is 606. The molecular formula is C13H20N6OS. The second-order valence-electron chi connectivity index (χ2n) is 4.69. The second kappa shape index (κ2) is 7.07. The van der Waals surface area contributed by atoms with Crippen LogP contribution in [0.15, 0.2) is 12.4 Å². The van der Waals surface area contributed by atoms with Gasteiger partial charge in [0.1, 0.15) is 10.7 Å². The highest BCUT2D eigenvalue weighted by molar-refractivity contribution is 7.18. The van der Waals surface area contributed by atoms with Crippen molar-refractivity contribution in [3.05, 3.63) is 22.8 Å². The smallest absolute Gasteiger partial charge is 0.265 e. The van der Waals surface area contributed by atoms with Crippen LogP contribution in [0, 0.1) is 0 Å². The third-order valence-electron chi connectivity index (χ3n) is 2.84. The lowest BCUT2D eigenvalue weighted by atomic mass is 10.2. The van der Waals surface area contributed by atoms with Crippen LogP contribution in [0.3, 0.4) is 0 Å². The summed E-state index contributed by atoms with van der Waals surface area (Å²) < 4.78 is 1.74. The summed E-state index contributed by atoms with van der Waals surface area (Å²) in [4.78, 5) is 16.7. The monoisotopic (exact) mass is 308 g/mol. The Morgan fingerprint density at radius 1 is 1.48 bits per heavy atom. The highest BCUT2D eigenvalue weighted by Gasteiger charge is 2.15. The molecule has 2 aromatic heterocycles. The molecule has 0 aliphatic carbocycles. The fourth-order valence-electron chi connectivity index (χ4n) is 1.80. The van der Waals surface area contributed by atoms with Gasteiger partial charge in [0.05, 0.1) is 6.20 Å². The number of hydrogen-bond acceptors (Lipinski definition) is 6. The summed E-state index contributed by atoms with van der Waals surface area (Å²) in [5.41, 5.74) is 6.87. The standard InChI is InChI=1S/C13H20N6OS/c1-3-5-16-13-18-11(14)10(21-13)12(20)15-6-4-9-7-17-19(2)8-9/h7-8H,3-6,14H2,1-2H3,(H,15,20)(H,16,18). The molecule has 7 nitrogen and oxygen atoms in total. The van der Waals surface area contributed by atoms with Crippen LogP contribution in [0.4, 0.5) is 10.9 Å². The minimum atomic E-state index is -0.182. The van der Waals surface area contributed by atoms with Crippen molar-refractivity contribution in [3.8, 4) is 0 Å². The van der Waals surface area contributed by atoms with Crippen LogP contribution in [-0.2, 0) is 13.5 Å². The zero-order chi connectivity index (χ0) is 15.2. The number of thiazole rings is 1. The lowest BCUT2D eigenvalue weighted by Gasteiger charge is -2.02. The van der Waals surface area contributed by atoms with Gasteiger partial charge >= 0.3 is 0 Å². The molecule has 0 saturated carbocycles. The Kier molecular flexibility index (Phi) is 5.15. The second-order valence-corrected chi connectivity index (χ2v) is 5.69. The normalized spacial score (nSPS) is 10.6. The first kappa shape index (κ1) is 15.3. The SMILES string of the molecule is CCCNc1nc(N)c(C(=O)NCCc2cnn(C)c2)s1. The summed E-state index contributed by atoms with van der Waals surface area (Å²) in [5, 5.41) is 10.8. The van der Waals surface area contributed by atoms with E-state index in [4.69, 9.17) is 5.73 Å². The third-order valence-corrected chi connectivity index (χ3v) is 3.87. The fraction of sp³-hybridized carbons (Fsp3) is 0.462. The van der Waals surface area contributed by atoms with Crippen molar-refractivity contribution in [1.29, 1.82) is 0 Å². The van der Waals surface area contributed by atoms with E-state index in [2.05, 4.69) is 27.6 Å². The minimum absolute atomic E-state index is 0.182. The Balaban J connectivity index is 1.86. The summed E-state index contributed by atoms with van der Waals surface area (Å²) in [7, 11) is 1.87. The van der Waals surface area contributed by atoms with E-state index >= 15 is 0 Å². The molecule has 114 valence electrons. The van der Waals surface area contributed by atoms with Crippen molar-refractivity contribution in [2.45, 2.75) is 19.8 Å². The average molecular weight is 308 g/mol. The van der Waals surface area contributed by atoms with Gasteiger partial charge in [-0.15, -0.1) is 0 Å². The van der Waals surface area contributed by atoms with Gasteiger partial charge in [0.15, 0.2) is 5.13 Å². The van der Waals surface area contributed by atoms with Gasteiger partial charge in [-0.1, -0.05) is 18.3 Å². The molecule has 0 atom stereocenters. The van der Waals surface area contributed by atoms with E-state index in [0.717, 1.165) is 24.9 Å². The van der Waals surface area contributed by atoms with Crippen molar-refractivity contribution < 1.29 is 4.79 Å². The first-order valence-corrected chi connectivity index (χ1v) is 7.67. The van der Waals surface area contributed by atoms with Gasteiger partial charge in [-0.05, 0) is 18.4 Å². The lowest BCUT2D eigenvalue weighted by molar-refractivity contribution is 0.0959. The molecule has 8 heteroatoms. The summed E-state index contributed by atoms with van der Waals surface area (Å²) >= 11 is 1.28. The van der Waals surface area contributed by atoms with Gasteiger partial charge in [-0.25, -0.2) is 4.98 Å². The van der Waals surface area contributed by atoms with Crippen molar-refractivity contribution >= 4 is 28.2 Å². The molecule has 0 unspecified atom stereocenters. The average Bonchev–Trinajstić information content (AvgIpc) is 3.02. The maximum atomic E-state index is 12.1. The van der Waals surface area contributed by atoms with Gasteiger partial charge < -0.3 is 16.4 Å². The molecule has 2 aromatic rings. The van der Waals surface area contributed by atoms with Crippen LogP contribution in [-0.4, -0.2) is 33.8 Å². The third kappa shape index (κ3) is 4.19. The van der Waals surface area contributed by atoms with E-state index in [0.29, 0.717) is 16.6 Å². The number of nitrogens with zero attached hydrogens (tertiary/aromatic N) is 3. The topological polar surface area (TPSA) is 97.9 Å². The highest BCUT2D eigenvalue weighted by Crippen LogP contribution is 2.24. The van der Waals surface area contributed by atoms with E-state index < -0.39 is 0 Å². The highest BCUT2D eigenvalue weighted by atomic mass is 32.1. The molecule has 0 aliphatic heterocycles. The number of rotatable bonds is 7. The van der Waals surface area contributed by atoms with Crippen molar-refractivity contribution in [2.24, 2.45) is 7.05 Å². The zero-order valence-corrected chi connectivity index (χ0v) is 13.0. The quantitative estimate of drug-likeness (QED) is 0.715. The number of hydrogen-bond donors (Lipinski definition) is 3. The summed E-state index contributed by atoms with van der Waals surface area (Å²) in [6, 6.07) is 0. The Morgan fingerprint density at radius 2 is 2.29 bits per heavy atom. The Morgan fingerprint density at radius 3 is 2.95 bits per heavy atom. The van der Waals surface area contributed by atoms with Crippen molar-refractivity contribution in [2.75, 3.05) is 24.1 Å². The van der Waals surface area contributed by atoms with Crippen molar-refractivity contribution in [1.82, 2.24) is 20.1 Å². The molecule has 0 fully saturated rings. The number of carbonyl (C=O) groups excluding carboxylic acids is 1. The van der Waals surface area contributed by atoms with Crippen LogP contribution in [0.2, 0.25) is 0 Å². The summed E-state index contributed by atoms with van der Waals surface area (Å²) in [6.45, 7) is 3.42. The Hall–Kier alpha value is -2.09. The zero-order valence-electron chi connectivity index (χ0n) is 12.2. The summed E-state index contributed by atoms with van der Waals surface area (Å²) in [6.07, 6.45) is 5.45. The van der Waals surface area contributed by atoms with Crippen LogP contribution < -0.4 is 16.4 Å². The molecule has 21 heavy (non-hydrogen) atoms. The molecule has 0 saturated heterocycles. The van der Waals surface area contributed by atoms with Crippen LogP contribution in [0.5, 0.6) is 0 Å². The van der Waals surface area contributed by atoms with Crippen LogP contribution in [0.1, 0.15) is 28.6 Å². The Labute approximate surface area is 127 Å². The number of nitrogen functional groups attached to an aromatic ring is 1. The van der Waals surface area contributed by atoms with Gasteiger partial charge in [-0.3, -0.25) is 9.48 Å².